The Bertz CT molecular complexity index is 2150. The molecule has 1 aromatic heterocycles. The molecule has 2 aliphatic heterocycles. The van der Waals surface area contributed by atoms with Crippen LogP contribution in [0.25, 0.3) is 6.08 Å². The summed E-state index contributed by atoms with van der Waals surface area (Å²) in [6, 6.07) is 19.6. The van der Waals surface area contributed by atoms with E-state index in [4.69, 9.17) is 40.9 Å². The van der Waals surface area contributed by atoms with Gasteiger partial charge in [0.15, 0.2) is 0 Å². The molecular weight excluding hydrogens is 859 g/mol. The molecule has 23 heteroatoms. The van der Waals surface area contributed by atoms with Crippen LogP contribution in [0.5, 0.6) is 11.5 Å². The zero-order valence-electron chi connectivity index (χ0n) is 31.2. The molecule has 5 N–H and O–H groups in total. The van der Waals surface area contributed by atoms with E-state index < -0.39 is 36.0 Å². The number of carboxylic acids is 2. The molecule has 1 atom stereocenters. The Labute approximate surface area is 345 Å². The van der Waals surface area contributed by atoms with Gasteiger partial charge in [0.25, 0.3) is 0 Å². The van der Waals surface area contributed by atoms with Gasteiger partial charge in [0.05, 0.1) is 28.9 Å². The number of halogens is 10. The third kappa shape index (κ3) is 15.1. The lowest BCUT2D eigenvalue weighted by Gasteiger charge is -2.33. The third-order valence-electron chi connectivity index (χ3n) is 8.21. The van der Waals surface area contributed by atoms with Crippen LogP contribution in [0.2, 0.25) is 5.02 Å². The van der Waals surface area contributed by atoms with E-state index in [1.165, 1.54) is 24.0 Å². The molecule has 0 spiro atoms. The highest BCUT2D eigenvalue weighted by atomic mass is 35.5. The molecular formula is C38H34ClF9N6O7. The normalized spacial score (nSPS) is 15.4. The molecule has 13 nitrogen and oxygen atoms in total. The van der Waals surface area contributed by atoms with Crippen molar-refractivity contribution >= 4 is 52.8 Å². The largest absolute Gasteiger partial charge is 0.490 e. The maximum atomic E-state index is 13.3. The number of amides is 1. The number of morpholine rings is 1. The van der Waals surface area contributed by atoms with Crippen molar-refractivity contribution in [1.82, 2.24) is 20.2 Å². The lowest BCUT2D eigenvalue weighted by atomic mass is 10.1. The van der Waals surface area contributed by atoms with Crippen LogP contribution >= 0.6 is 11.6 Å². The number of fused-ring (bicyclic) bond motifs is 1. The molecule has 1 amide bonds. The summed E-state index contributed by atoms with van der Waals surface area (Å²) in [7, 11) is 0. The Morgan fingerprint density at radius 2 is 1.57 bits per heavy atom. The van der Waals surface area contributed by atoms with Crippen LogP contribution in [0.1, 0.15) is 23.1 Å². The summed E-state index contributed by atoms with van der Waals surface area (Å²) in [6.07, 6.45) is -11.1. The van der Waals surface area contributed by atoms with Crippen molar-refractivity contribution in [2.45, 2.75) is 37.6 Å². The number of carbonyl (C=O) groups is 3. The van der Waals surface area contributed by atoms with Gasteiger partial charge in [-0.2, -0.15) is 39.5 Å². The van der Waals surface area contributed by atoms with Gasteiger partial charge in [-0.1, -0.05) is 48.0 Å². The molecule has 0 radical (unpaired) electrons. The van der Waals surface area contributed by atoms with Gasteiger partial charge in [-0.3, -0.25) is 9.69 Å². The van der Waals surface area contributed by atoms with E-state index in [2.05, 4.69) is 43.0 Å². The number of anilines is 3. The average Bonchev–Trinajstić information content (AvgIpc) is 3.42. The fraction of sp³-hybridized carbons (Fsp3) is 0.289. The molecule has 3 aromatic carbocycles. The Kier molecular flexibility index (Phi) is 16.3. The second-order valence-electron chi connectivity index (χ2n) is 12.8. The van der Waals surface area contributed by atoms with Crippen molar-refractivity contribution in [2.75, 3.05) is 43.4 Å². The van der Waals surface area contributed by atoms with E-state index >= 15 is 0 Å². The molecule has 0 aliphatic carbocycles. The summed E-state index contributed by atoms with van der Waals surface area (Å²) >= 11 is 6.45. The number of hydrogen-bond donors (Lipinski definition) is 5. The highest BCUT2D eigenvalue weighted by Gasteiger charge is 2.39. The second kappa shape index (κ2) is 20.9. The van der Waals surface area contributed by atoms with Crippen LogP contribution in [-0.2, 0) is 31.8 Å². The van der Waals surface area contributed by atoms with E-state index in [1.54, 1.807) is 24.3 Å². The minimum absolute atomic E-state index is 0.00475. The Morgan fingerprint density at radius 1 is 0.902 bits per heavy atom. The van der Waals surface area contributed by atoms with Crippen LogP contribution in [0.3, 0.4) is 0 Å². The van der Waals surface area contributed by atoms with Crippen molar-refractivity contribution < 1.29 is 73.6 Å². The minimum atomic E-state index is -5.08. The first-order chi connectivity index (χ1) is 28.6. The quantitative estimate of drug-likeness (QED) is 0.102. The van der Waals surface area contributed by atoms with Crippen LogP contribution in [0.15, 0.2) is 84.7 Å². The monoisotopic (exact) mass is 892 g/mol. The number of ether oxygens (including phenoxy) is 2. The van der Waals surface area contributed by atoms with E-state index in [-0.39, 0.29) is 28.5 Å². The number of nitrogens with zero attached hydrogens (tertiary/aromatic N) is 3. The number of rotatable bonds is 9. The van der Waals surface area contributed by atoms with E-state index in [0.717, 1.165) is 25.2 Å². The fourth-order valence-corrected chi connectivity index (χ4v) is 5.60. The van der Waals surface area contributed by atoms with Gasteiger partial charge in [-0.15, -0.1) is 0 Å². The van der Waals surface area contributed by atoms with Crippen molar-refractivity contribution in [2.24, 2.45) is 0 Å². The van der Waals surface area contributed by atoms with Gasteiger partial charge in [0.2, 0.25) is 5.91 Å². The van der Waals surface area contributed by atoms with Gasteiger partial charge >= 0.3 is 30.5 Å². The van der Waals surface area contributed by atoms with Gasteiger partial charge in [-0.25, -0.2) is 19.6 Å². The summed E-state index contributed by atoms with van der Waals surface area (Å²) in [6.45, 7) is 3.86. The Balaban J connectivity index is 0.000000504. The first kappa shape index (κ1) is 47.5. The molecule has 1 fully saturated rings. The third-order valence-corrected chi connectivity index (χ3v) is 8.51. The zero-order chi connectivity index (χ0) is 45.0. The molecule has 61 heavy (non-hydrogen) atoms. The molecule has 328 valence electrons. The van der Waals surface area contributed by atoms with Crippen molar-refractivity contribution in [3.8, 4) is 11.5 Å². The summed E-state index contributed by atoms with van der Waals surface area (Å²) in [5.41, 5.74) is 2.12. The Morgan fingerprint density at radius 3 is 2.20 bits per heavy atom. The molecule has 4 aromatic rings. The lowest BCUT2D eigenvalue weighted by molar-refractivity contribution is -0.193. The first-order valence-electron chi connectivity index (χ1n) is 17.6. The summed E-state index contributed by atoms with van der Waals surface area (Å²) in [4.78, 5) is 42.2. The predicted molar refractivity (Wildman–Crippen MR) is 201 cm³/mol. The number of aliphatic carboxylic acids is 2. The highest BCUT2D eigenvalue weighted by Crippen LogP contribution is 2.37. The number of carboxylic acid groups (broad SMARTS) is 2. The number of hydrogen-bond acceptors (Lipinski definition) is 10. The summed E-state index contributed by atoms with van der Waals surface area (Å²) in [5.74, 6) is -4.52. The maximum Gasteiger partial charge on any atom is 0.490 e. The molecule has 2 aliphatic rings. The topological polar surface area (TPSA) is 175 Å². The number of alkyl halides is 9. The fourth-order valence-electron chi connectivity index (χ4n) is 5.38. The number of nitrogens with one attached hydrogen (secondary N) is 3. The molecule has 1 saturated heterocycles. The Hall–Kier alpha value is -6.13. The van der Waals surface area contributed by atoms with E-state index in [0.29, 0.717) is 61.1 Å². The lowest BCUT2D eigenvalue weighted by Crippen LogP contribution is -2.47. The van der Waals surface area contributed by atoms with E-state index in [1.807, 2.05) is 18.2 Å². The van der Waals surface area contributed by atoms with Gasteiger partial charge < -0.3 is 35.6 Å². The van der Waals surface area contributed by atoms with Crippen LogP contribution in [-0.4, -0.2) is 94.2 Å². The molecule has 6 rings (SSSR count). The SMILES string of the molecule is O=C(NCC1CN(Cc2ccccc2)CCO1)C1=Cc2c(ncnc2Nc2ccc(Oc3cccc(C(F)(F)F)c3)c(Cl)c2)NCC1.O=C(O)C(F)(F)F.O=C(O)C(F)(F)F. The second-order valence-corrected chi connectivity index (χ2v) is 13.2. The molecule has 1 unspecified atom stereocenters. The maximum absolute atomic E-state index is 13.3. The summed E-state index contributed by atoms with van der Waals surface area (Å²) in [5, 5.41) is 23.9. The standard InChI is InChI=1S/C34H32ClF3N6O3.2C2HF3O2/c35-29-17-25(9-10-30(29)47-26-8-4-7-24(16-26)34(36,37)38)43-32-28-15-23(11-12-39-31(28)41-21-42-32)33(45)40-18-27-20-44(13-14-46-27)19-22-5-2-1-3-6-22;2*3-2(4,5)1(6)7/h1-10,15-17,21,27H,11-14,18-20H2,(H,40,45)(H2,39,41,42,43);2*(H,6,7). The van der Waals surface area contributed by atoms with E-state index in [9.17, 15) is 44.3 Å². The van der Waals surface area contributed by atoms with Crippen molar-refractivity contribution in [1.29, 1.82) is 0 Å². The zero-order valence-corrected chi connectivity index (χ0v) is 31.9. The smallest absolute Gasteiger partial charge is 0.475 e. The van der Waals surface area contributed by atoms with Gasteiger partial charge in [-0.05, 0) is 54.5 Å². The van der Waals surface area contributed by atoms with Gasteiger partial charge in [0, 0.05) is 44.0 Å². The molecule has 3 heterocycles. The molecule has 0 bridgehead atoms. The molecule has 0 saturated carbocycles. The number of aromatic nitrogens is 2. The van der Waals surface area contributed by atoms with Crippen LogP contribution in [0.4, 0.5) is 56.8 Å². The minimum Gasteiger partial charge on any atom is -0.475 e. The average molecular weight is 893 g/mol. The van der Waals surface area contributed by atoms with Crippen molar-refractivity contribution in [3.63, 3.8) is 0 Å². The van der Waals surface area contributed by atoms with Crippen molar-refractivity contribution in [3.05, 3.63) is 106 Å². The van der Waals surface area contributed by atoms with Gasteiger partial charge in [0.1, 0.15) is 29.5 Å². The predicted octanol–water partition coefficient (Wildman–Crippen LogP) is 8.17. The van der Waals surface area contributed by atoms with Crippen LogP contribution < -0.4 is 20.7 Å². The number of benzene rings is 3. The van der Waals surface area contributed by atoms with Crippen LogP contribution in [0, 0.1) is 0 Å². The highest BCUT2D eigenvalue weighted by molar-refractivity contribution is 6.32. The number of carbonyl (C=O) groups excluding carboxylic acids is 1. The summed E-state index contributed by atoms with van der Waals surface area (Å²) < 4.78 is 114. The first-order valence-corrected chi connectivity index (χ1v) is 18.0.